The van der Waals surface area contributed by atoms with Crippen LogP contribution in [0.15, 0.2) is 0 Å². The van der Waals surface area contributed by atoms with Gasteiger partial charge >= 0.3 is 11.3 Å². The van der Waals surface area contributed by atoms with Crippen LogP contribution in [0.3, 0.4) is 0 Å². The minimum Gasteiger partial charge on any atom is -0.261 e. The van der Waals surface area contributed by atoms with Crippen LogP contribution in [0, 0.1) is 54.3 Å². The minimum atomic E-state index is -2.31. The first-order valence-corrected chi connectivity index (χ1v) is 4.06. The molecule has 0 amide bonds. The van der Waals surface area contributed by atoms with Crippen LogP contribution in [-0.2, 0) is 32.7 Å². The van der Waals surface area contributed by atoms with Crippen molar-refractivity contribution >= 4 is 0 Å². The summed E-state index contributed by atoms with van der Waals surface area (Å²) in [4.78, 5) is 34.9. The smallest absolute Gasteiger partial charge is 0.261 e. The van der Waals surface area contributed by atoms with E-state index in [1.165, 1.54) is 0 Å². The van der Waals surface area contributed by atoms with Gasteiger partial charge in [0.15, 0.2) is 0 Å². The Morgan fingerprint density at radius 1 is 0.684 bits per heavy atom. The van der Waals surface area contributed by atoms with E-state index in [-0.39, 0.29) is 32.7 Å². The Kier molecular flexibility index (Phi) is 9.61. The average molecular weight is 355 g/mol. The zero-order valence-corrected chi connectivity index (χ0v) is 12.9. The second kappa shape index (κ2) is 7.99. The van der Waals surface area contributed by atoms with Crippen LogP contribution in [-0.4, -0.2) is 31.0 Å². The predicted octanol–water partition coefficient (Wildman–Crippen LogP) is 0.178. The van der Waals surface area contributed by atoms with Gasteiger partial charge in [-0.1, -0.05) is 0 Å². The molecule has 1 radical (unpaired) electrons. The SMILES string of the molecule is [CH2-]C(C)([N+](=O)[O-])[N+](=O)[O-].[CH2-]C(C)([N+](=O)[O-])[N+](=O)[O-].[Y]. The second-order valence-corrected chi connectivity index (χ2v) is 3.46. The van der Waals surface area contributed by atoms with E-state index < -0.39 is 31.0 Å². The van der Waals surface area contributed by atoms with Crippen LogP contribution in [0.25, 0.3) is 0 Å². The Labute approximate surface area is 132 Å². The van der Waals surface area contributed by atoms with Crippen molar-refractivity contribution in [3.63, 3.8) is 0 Å². The van der Waals surface area contributed by atoms with Crippen LogP contribution >= 0.6 is 0 Å². The molecule has 0 heterocycles. The van der Waals surface area contributed by atoms with E-state index in [1.807, 2.05) is 0 Å². The molecule has 0 saturated heterocycles. The first-order valence-electron chi connectivity index (χ1n) is 4.06. The fourth-order valence-corrected chi connectivity index (χ4v) is 0.133. The van der Waals surface area contributed by atoms with E-state index in [0.29, 0.717) is 0 Å². The molecule has 0 aliphatic rings. The molecule has 0 aromatic rings. The van der Waals surface area contributed by atoms with Crippen LogP contribution in [0.1, 0.15) is 13.8 Å². The van der Waals surface area contributed by atoms with Gasteiger partial charge in [0.1, 0.15) is 0 Å². The molecule has 0 aliphatic carbocycles. The Hall–Kier alpha value is -1.30. The van der Waals surface area contributed by atoms with Crippen molar-refractivity contribution in [1.82, 2.24) is 0 Å². The number of rotatable bonds is 4. The van der Waals surface area contributed by atoms with E-state index in [9.17, 15) is 40.5 Å². The topological polar surface area (TPSA) is 173 Å². The average Bonchev–Trinajstić information content (AvgIpc) is 2.17. The fourth-order valence-electron chi connectivity index (χ4n) is 0.133. The molecule has 0 aromatic heterocycles. The maximum atomic E-state index is 9.76. The Morgan fingerprint density at radius 2 is 0.789 bits per heavy atom. The van der Waals surface area contributed by atoms with Crippen molar-refractivity contribution in [3.05, 3.63) is 54.3 Å². The molecular formula is C6H10N4O8Y-2. The van der Waals surface area contributed by atoms with Gasteiger partial charge in [-0.2, -0.15) is 13.8 Å². The van der Waals surface area contributed by atoms with Gasteiger partial charge in [0.05, 0.1) is 19.7 Å². The van der Waals surface area contributed by atoms with Crippen LogP contribution in [0.5, 0.6) is 0 Å². The van der Waals surface area contributed by atoms with Gasteiger partial charge in [-0.15, -0.1) is 0 Å². The van der Waals surface area contributed by atoms with Gasteiger partial charge in [-0.3, -0.25) is 40.5 Å². The third-order valence-corrected chi connectivity index (χ3v) is 1.57. The van der Waals surface area contributed by atoms with E-state index in [4.69, 9.17) is 0 Å². The largest absolute Gasteiger partial charge is 0.346 e. The Balaban J connectivity index is -0.000000256. The van der Waals surface area contributed by atoms with E-state index in [0.717, 1.165) is 13.8 Å². The van der Waals surface area contributed by atoms with E-state index in [2.05, 4.69) is 13.8 Å². The monoisotopic (exact) mass is 355 g/mol. The third kappa shape index (κ3) is 7.01. The van der Waals surface area contributed by atoms with Crippen LogP contribution in [0.2, 0.25) is 0 Å². The predicted molar refractivity (Wildman–Crippen MR) is 55.5 cm³/mol. The van der Waals surface area contributed by atoms with Gasteiger partial charge in [0, 0.05) is 46.6 Å². The van der Waals surface area contributed by atoms with Crippen molar-refractivity contribution in [2.75, 3.05) is 0 Å². The second-order valence-electron chi connectivity index (χ2n) is 3.46. The molecule has 107 valence electrons. The first kappa shape index (κ1) is 22.8. The standard InChI is InChI=1S/2C3H5N2O4.Y/c2*1-3(2,4(6)7)5(8)9;/h2*1H2,2H3;/q2*-1;. The summed E-state index contributed by atoms with van der Waals surface area (Å²) in [5.41, 5.74) is -4.61. The number of hydrogen-bond acceptors (Lipinski definition) is 8. The van der Waals surface area contributed by atoms with Crippen molar-refractivity contribution in [3.8, 4) is 0 Å². The van der Waals surface area contributed by atoms with Crippen molar-refractivity contribution < 1.29 is 52.4 Å². The molecule has 0 bridgehead atoms. The van der Waals surface area contributed by atoms with Crippen LogP contribution in [0.4, 0.5) is 0 Å². The summed E-state index contributed by atoms with van der Waals surface area (Å²) in [6, 6.07) is 0. The van der Waals surface area contributed by atoms with Gasteiger partial charge in [-0.05, 0) is 0 Å². The zero-order chi connectivity index (χ0) is 15.3. The summed E-state index contributed by atoms with van der Waals surface area (Å²) in [5.74, 6) is 0. The number of hydrogen-bond donors (Lipinski definition) is 0. The first-order chi connectivity index (χ1) is 7.77. The number of nitrogens with zero attached hydrogens (tertiary/aromatic N) is 4. The minimum absolute atomic E-state index is 0. The molecule has 0 aliphatic heterocycles. The van der Waals surface area contributed by atoms with Crippen molar-refractivity contribution in [1.29, 1.82) is 0 Å². The molecule has 0 N–H and O–H groups in total. The maximum absolute atomic E-state index is 9.76. The summed E-state index contributed by atoms with van der Waals surface area (Å²) >= 11 is 0. The summed E-state index contributed by atoms with van der Waals surface area (Å²) in [6.45, 7) is 7.19. The summed E-state index contributed by atoms with van der Waals surface area (Å²) in [6.07, 6.45) is 0. The third-order valence-electron chi connectivity index (χ3n) is 1.57. The summed E-state index contributed by atoms with van der Waals surface area (Å²) in [5, 5.41) is 39.1. The van der Waals surface area contributed by atoms with Gasteiger partial charge in [0.25, 0.3) is 0 Å². The normalized spacial score (nSPS) is 10.3. The Bertz CT molecular complexity index is 313. The molecule has 0 atom stereocenters. The van der Waals surface area contributed by atoms with E-state index >= 15 is 0 Å². The summed E-state index contributed by atoms with van der Waals surface area (Å²) < 4.78 is 0. The van der Waals surface area contributed by atoms with Crippen molar-refractivity contribution in [2.45, 2.75) is 25.2 Å². The molecule has 19 heavy (non-hydrogen) atoms. The zero-order valence-electron chi connectivity index (χ0n) is 10.0. The molecule has 0 rings (SSSR count). The molecule has 13 heteroatoms. The van der Waals surface area contributed by atoms with Crippen molar-refractivity contribution in [2.24, 2.45) is 0 Å². The summed E-state index contributed by atoms with van der Waals surface area (Å²) in [7, 11) is 0. The van der Waals surface area contributed by atoms with Gasteiger partial charge < -0.3 is 0 Å². The molecule has 0 saturated carbocycles. The molecule has 12 nitrogen and oxygen atoms in total. The fraction of sp³-hybridized carbons (Fsp3) is 0.667. The molecule has 0 unspecified atom stereocenters. The molecular weight excluding hydrogens is 345 g/mol. The van der Waals surface area contributed by atoms with Gasteiger partial charge in [0.2, 0.25) is 0 Å². The Morgan fingerprint density at radius 3 is 0.789 bits per heavy atom. The molecule has 0 fully saturated rings. The van der Waals surface area contributed by atoms with Crippen LogP contribution < -0.4 is 0 Å². The molecule has 0 aromatic carbocycles. The molecule has 0 spiro atoms. The van der Waals surface area contributed by atoms with E-state index in [1.54, 1.807) is 0 Å². The number of nitro groups is 4. The quantitative estimate of drug-likeness (QED) is 0.297. The van der Waals surface area contributed by atoms with Gasteiger partial charge in [-0.25, -0.2) is 0 Å². The maximum Gasteiger partial charge on any atom is 0.346 e.